The summed E-state index contributed by atoms with van der Waals surface area (Å²) < 4.78 is 7.18. The third-order valence-electron chi connectivity index (χ3n) is 2.56. The Labute approximate surface area is 112 Å². The molecule has 0 radical (unpaired) electrons. The molecule has 0 aliphatic heterocycles. The number of thioether (sulfide) groups is 1. The summed E-state index contributed by atoms with van der Waals surface area (Å²) in [7, 11) is 1.85. The second-order valence-electron chi connectivity index (χ2n) is 4.14. The molecule has 104 valence electrons. The summed E-state index contributed by atoms with van der Waals surface area (Å²) in [6, 6.07) is 0. The van der Waals surface area contributed by atoms with Crippen LogP contribution in [0.25, 0.3) is 0 Å². The molecule has 5 nitrogen and oxygen atoms in total. The van der Waals surface area contributed by atoms with E-state index < -0.39 is 6.10 Å². The van der Waals surface area contributed by atoms with E-state index in [0.29, 0.717) is 19.0 Å². The van der Waals surface area contributed by atoms with Crippen LogP contribution in [0.5, 0.6) is 0 Å². The molecule has 0 amide bonds. The molecule has 0 aliphatic carbocycles. The fourth-order valence-corrected chi connectivity index (χ4v) is 2.27. The zero-order valence-electron chi connectivity index (χ0n) is 11.0. The smallest absolute Gasteiger partial charge is 0.168 e. The topological polar surface area (TPSA) is 67.5 Å². The predicted molar refractivity (Wildman–Crippen MR) is 71.6 cm³/mol. The quantitative estimate of drug-likeness (QED) is 0.523. The normalized spacial score (nSPS) is 12.9. The number of hydrogen-bond acceptors (Lipinski definition) is 5. The van der Waals surface area contributed by atoms with Crippen LogP contribution in [0.15, 0.2) is 11.4 Å². The number of aliphatic hydroxyl groups excluding tert-OH is 2. The number of aromatic nitrogens is 2. The summed E-state index contributed by atoms with van der Waals surface area (Å²) in [5, 5.41) is 19.6. The Kier molecular flexibility index (Phi) is 7.34. The van der Waals surface area contributed by atoms with Crippen molar-refractivity contribution in [3.8, 4) is 0 Å². The number of aliphatic hydroxyl groups is 2. The Morgan fingerprint density at radius 2 is 2.33 bits per heavy atom. The molecule has 0 bridgehead atoms. The minimum atomic E-state index is -0.485. The van der Waals surface area contributed by atoms with Gasteiger partial charge >= 0.3 is 0 Å². The molecule has 1 unspecified atom stereocenters. The largest absolute Gasteiger partial charge is 0.390 e. The lowest BCUT2D eigenvalue weighted by atomic mass is 10.3. The van der Waals surface area contributed by atoms with Crippen molar-refractivity contribution in [3.63, 3.8) is 0 Å². The van der Waals surface area contributed by atoms with Crippen LogP contribution in [-0.4, -0.2) is 44.8 Å². The van der Waals surface area contributed by atoms with Crippen LogP contribution in [0, 0.1) is 0 Å². The summed E-state index contributed by atoms with van der Waals surface area (Å²) in [6.07, 6.45) is 3.29. The first-order valence-electron chi connectivity index (χ1n) is 6.19. The molecule has 6 heteroatoms. The van der Waals surface area contributed by atoms with Crippen LogP contribution >= 0.6 is 11.8 Å². The van der Waals surface area contributed by atoms with Gasteiger partial charge in [-0.05, 0) is 6.42 Å². The Bertz CT molecular complexity index is 344. The molecule has 1 aromatic heterocycles. The van der Waals surface area contributed by atoms with Crippen molar-refractivity contribution in [2.45, 2.75) is 37.6 Å². The van der Waals surface area contributed by atoms with Gasteiger partial charge in [0, 0.05) is 19.4 Å². The first-order valence-corrected chi connectivity index (χ1v) is 7.17. The van der Waals surface area contributed by atoms with Crippen molar-refractivity contribution in [3.05, 3.63) is 11.9 Å². The van der Waals surface area contributed by atoms with E-state index >= 15 is 0 Å². The predicted octanol–water partition coefficient (Wildman–Crippen LogP) is 1.18. The van der Waals surface area contributed by atoms with E-state index in [9.17, 15) is 5.11 Å². The van der Waals surface area contributed by atoms with Crippen molar-refractivity contribution in [1.29, 1.82) is 0 Å². The van der Waals surface area contributed by atoms with E-state index in [4.69, 9.17) is 9.84 Å². The maximum absolute atomic E-state index is 9.73. The van der Waals surface area contributed by atoms with Gasteiger partial charge in [0.05, 0.1) is 31.2 Å². The van der Waals surface area contributed by atoms with Gasteiger partial charge in [0.2, 0.25) is 0 Å². The molecular formula is C12H22N2O3S. The summed E-state index contributed by atoms with van der Waals surface area (Å²) >= 11 is 1.47. The van der Waals surface area contributed by atoms with E-state index in [1.807, 2.05) is 11.6 Å². The fraction of sp³-hybridized carbons (Fsp3) is 0.750. The van der Waals surface area contributed by atoms with E-state index in [-0.39, 0.29) is 6.61 Å². The van der Waals surface area contributed by atoms with Crippen molar-refractivity contribution in [2.24, 2.45) is 7.05 Å². The van der Waals surface area contributed by atoms with E-state index in [1.165, 1.54) is 11.8 Å². The Morgan fingerprint density at radius 3 is 2.94 bits per heavy atom. The van der Waals surface area contributed by atoms with Gasteiger partial charge in [-0.15, -0.1) is 0 Å². The monoisotopic (exact) mass is 274 g/mol. The first-order chi connectivity index (χ1) is 8.69. The van der Waals surface area contributed by atoms with Crippen LogP contribution in [0.4, 0.5) is 0 Å². The summed E-state index contributed by atoms with van der Waals surface area (Å²) in [6.45, 7) is 3.15. The first kappa shape index (κ1) is 15.5. The molecule has 0 saturated heterocycles. The van der Waals surface area contributed by atoms with E-state index in [1.54, 1.807) is 6.20 Å². The van der Waals surface area contributed by atoms with Crippen LogP contribution in [0.2, 0.25) is 0 Å². The molecule has 1 atom stereocenters. The highest BCUT2D eigenvalue weighted by Gasteiger charge is 2.10. The van der Waals surface area contributed by atoms with Crippen molar-refractivity contribution in [2.75, 3.05) is 19.0 Å². The molecule has 0 fully saturated rings. The molecule has 0 aromatic carbocycles. The molecule has 2 N–H and O–H groups in total. The van der Waals surface area contributed by atoms with Gasteiger partial charge in [-0.1, -0.05) is 25.1 Å². The fourth-order valence-electron chi connectivity index (χ4n) is 1.39. The standard InChI is InChI=1S/C12H22N2O3S/c1-3-4-5-17-8-11(16)9-18-12-13-6-10(7-15)14(12)2/h6,11,15-16H,3-5,7-9H2,1-2H3. The number of unbranched alkanes of at least 4 members (excludes halogenated alkanes) is 1. The third kappa shape index (κ3) is 4.97. The molecule has 1 aromatic rings. The Balaban J connectivity index is 2.24. The third-order valence-corrected chi connectivity index (χ3v) is 3.75. The van der Waals surface area contributed by atoms with Gasteiger partial charge in [0.25, 0.3) is 0 Å². The number of hydrogen-bond donors (Lipinski definition) is 2. The van der Waals surface area contributed by atoms with Crippen molar-refractivity contribution >= 4 is 11.8 Å². The van der Waals surface area contributed by atoms with Crippen molar-refractivity contribution < 1.29 is 14.9 Å². The number of imidazole rings is 1. The average molecular weight is 274 g/mol. The van der Waals surface area contributed by atoms with E-state index in [2.05, 4.69) is 11.9 Å². The molecule has 18 heavy (non-hydrogen) atoms. The summed E-state index contributed by atoms with van der Waals surface area (Å²) in [4.78, 5) is 4.18. The SMILES string of the molecule is CCCCOCC(O)CSc1ncc(CO)n1C. The van der Waals surface area contributed by atoms with Crippen LogP contribution < -0.4 is 0 Å². The van der Waals surface area contributed by atoms with Crippen LogP contribution in [0.3, 0.4) is 0 Å². The van der Waals surface area contributed by atoms with Crippen LogP contribution in [-0.2, 0) is 18.4 Å². The molecular weight excluding hydrogens is 252 g/mol. The molecule has 0 aliphatic rings. The van der Waals surface area contributed by atoms with Crippen molar-refractivity contribution in [1.82, 2.24) is 9.55 Å². The lowest BCUT2D eigenvalue weighted by Gasteiger charge is -2.10. The zero-order chi connectivity index (χ0) is 13.4. The lowest BCUT2D eigenvalue weighted by molar-refractivity contribution is 0.0473. The van der Waals surface area contributed by atoms with Gasteiger partial charge in [-0.2, -0.15) is 0 Å². The van der Waals surface area contributed by atoms with Gasteiger partial charge in [0.15, 0.2) is 5.16 Å². The minimum absolute atomic E-state index is 0.0211. The van der Waals surface area contributed by atoms with Gasteiger partial charge < -0.3 is 19.5 Å². The van der Waals surface area contributed by atoms with Gasteiger partial charge in [-0.3, -0.25) is 0 Å². The molecule has 0 saturated carbocycles. The summed E-state index contributed by atoms with van der Waals surface area (Å²) in [5.41, 5.74) is 0.770. The average Bonchev–Trinajstić information content (AvgIpc) is 2.73. The number of nitrogens with zero attached hydrogens (tertiary/aromatic N) is 2. The highest BCUT2D eigenvalue weighted by Crippen LogP contribution is 2.18. The zero-order valence-corrected chi connectivity index (χ0v) is 11.8. The number of ether oxygens (including phenoxy) is 1. The Morgan fingerprint density at radius 1 is 1.56 bits per heavy atom. The second-order valence-corrected chi connectivity index (χ2v) is 5.13. The highest BCUT2D eigenvalue weighted by molar-refractivity contribution is 7.99. The molecule has 1 rings (SSSR count). The minimum Gasteiger partial charge on any atom is -0.390 e. The molecule has 0 spiro atoms. The van der Waals surface area contributed by atoms with E-state index in [0.717, 1.165) is 23.7 Å². The van der Waals surface area contributed by atoms with Gasteiger partial charge in [-0.25, -0.2) is 4.98 Å². The second kappa shape index (κ2) is 8.53. The maximum Gasteiger partial charge on any atom is 0.168 e. The van der Waals surface area contributed by atoms with Crippen LogP contribution in [0.1, 0.15) is 25.5 Å². The van der Waals surface area contributed by atoms with Gasteiger partial charge in [0.1, 0.15) is 0 Å². The lowest BCUT2D eigenvalue weighted by Crippen LogP contribution is -2.18. The Hall–Kier alpha value is -0.560. The summed E-state index contributed by atoms with van der Waals surface area (Å²) in [5.74, 6) is 0.543. The maximum atomic E-state index is 9.73. The highest BCUT2D eigenvalue weighted by atomic mass is 32.2. The molecule has 1 heterocycles. The number of rotatable bonds is 9.